The van der Waals surface area contributed by atoms with Crippen molar-refractivity contribution < 1.29 is 4.74 Å². The first kappa shape index (κ1) is 17.8. The molecule has 3 nitrogen and oxygen atoms in total. The molecule has 1 aromatic rings. The van der Waals surface area contributed by atoms with E-state index in [1.165, 1.54) is 32.1 Å². The average Bonchev–Trinajstić information content (AvgIpc) is 2.51. The third-order valence-corrected chi connectivity index (χ3v) is 3.44. The molecule has 1 rings (SSSR count). The van der Waals surface area contributed by atoms with Crippen molar-refractivity contribution in [2.24, 2.45) is 0 Å². The molecule has 0 fully saturated rings. The number of ether oxygens (including phenoxy) is 1. The lowest BCUT2D eigenvalue weighted by molar-refractivity contribution is 0.305. The fraction of sp³-hybridized carbons (Fsp3) is 0.667. The van der Waals surface area contributed by atoms with Crippen molar-refractivity contribution in [3.8, 4) is 5.75 Å². The van der Waals surface area contributed by atoms with Gasteiger partial charge in [-0.2, -0.15) is 0 Å². The Kier molecular flexibility index (Phi) is 10.6. The Morgan fingerprint density at radius 3 is 2.57 bits per heavy atom. The molecule has 0 saturated carbocycles. The predicted molar refractivity (Wildman–Crippen MR) is 92.3 cm³/mol. The second-order valence-electron chi connectivity index (χ2n) is 5.47. The predicted octanol–water partition coefficient (Wildman–Crippen LogP) is 4.45. The summed E-state index contributed by atoms with van der Waals surface area (Å²) in [6.45, 7) is 8.33. The van der Waals surface area contributed by atoms with Crippen molar-refractivity contribution in [2.45, 2.75) is 52.4 Å². The van der Waals surface area contributed by atoms with E-state index in [1.807, 2.05) is 12.1 Å². The van der Waals surface area contributed by atoms with Crippen LogP contribution in [0.1, 0.15) is 52.4 Å². The van der Waals surface area contributed by atoms with Crippen LogP contribution in [0.25, 0.3) is 0 Å². The summed E-state index contributed by atoms with van der Waals surface area (Å²) >= 11 is 0. The maximum Gasteiger partial charge on any atom is 0.121 e. The van der Waals surface area contributed by atoms with Crippen LogP contribution >= 0.6 is 0 Å². The minimum atomic E-state index is 0.821. The first-order chi connectivity index (χ1) is 10.4. The summed E-state index contributed by atoms with van der Waals surface area (Å²) in [5.41, 5.74) is 1.14. The molecule has 0 aliphatic carbocycles. The fourth-order valence-electron chi connectivity index (χ4n) is 2.14. The number of unbranched alkanes of at least 4 members (excludes halogenated alkanes) is 4. The maximum absolute atomic E-state index is 5.80. The highest BCUT2D eigenvalue weighted by atomic mass is 16.5. The van der Waals surface area contributed by atoms with Crippen molar-refractivity contribution in [3.05, 3.63) is 24.3 Å². The number of hydrogen-bond donors (Lipinski definition) is 2. The summed E-state index contributed by atoms with van der Waals surface area (Å²) in [6.07, 6.45) is 7.48. The fourth-order valence-corrected chi connectivity index (χ4v) is 2.14. The summed E-state index contributed by atoms with van der Waals surface area (Å²) < 4.78 is 5.80. The van der Waals surface area contributed by atoms with Crippen molar-refractivity contribution in [2.75, 3.05) is 31.6 Å². The summed E-state index contributed by atoms with van der Waals surface area (Å²) in [5, 5.41) is 6.86. The largest absolute Gasteiger partial charge is 0.494 e. The van der Waals surface area contributed by atoms with Gasteiger partial charge in [0.1, 0.15) is 5.75 Å². The van der Waals surface area contributed by atoms with Crippen molar-refractivity contribution in [1.82, 2.24) is 5.32 Å². The van der Waals surface area contributed by atoms with E-state index in [4.69, 9.17) is 4.74 Å². The second kappa shape index (κ2) is 12.5. The summed E-state index contributed by atoms with van der Waals surface area (Å²) in [6, 6.07) is 8.26. The first-order valence-electron chi connectivity index (χ1n) is 8.54. The third-order valence-electron chi connectivity index (χ3n) is 3.44. The van der Waals surface area contributed by atoms with Gasteiger partial charge in [0.15, 0.2) is 0 Å². The van der Waals surface area contributed by atoms with Gasteiger partial charge in [0.05, 0.1) is 6.61 Å². The Morgan fingerprint density at radius 2 is 1.76 bits per heavy atom. The minimum Gasteiger partial charge on any atom is -0.494 e. The molecule has 120 valence electrons. The SMILES string of the molecule is CCCCCCOc1cccc(NCCNCCCC)c1. The molecule has 0 atom stereocenters. The number of rotatable bonds is 13. The van der Waals surface area contributed by atoms with Crippen LogP contribution < -0.4 is 15.4 Å². The zero-order chi connectivity index (χ0) is 15.2. The van der Waals surface area contributed by atoms with E-state index < -0.39 is 0 Å². The summed E-state index contributed by atoms with van der Waals surface area (Å²) in [5.74, 6) is 0.968. The van der Waals surface area contributed by atoms with Gasteiger partial charge in [-0.05, 0) is 31.5 Å². The third kappa shape index (κ3) is 9.35. The standard InChI is InChI=1S/C18H32N2O/c1-3-5-7-8-15-21-18-11-9-10-17(16-18)20-14-13-19-12-6-4-2/h9-11,16,19-20H,3-8,12-15H2,1-2H3. The maximum atomic E-state index is 5.80. The molecule has 3 heteroatoms. The lowest BCUT2D eigenvalue weighted by atomic mass is 10.2. The topological polar surface area (TPSA) is 33.3 Å². The number of hydrogen-bond acceptors (Lipinski definition) is 3. The molecule has 0 unspecified atom stereocenters. The number of benzene rings is 1. The molecule has 2 N–H and O–H groups in total. The quantitative estimate of drug-likeness (QED) is 0.527. The minimum absolute atomic E-state index is 0.821. The molecule has 0 aliphatic heterocycles. The van der Waals surface area contributed by atoms with Crippen LogP contribution in [0, 0.1) is 0 Å². The zero-order valence-electron chi connectivity index (χ0n) is 13.8. The van der Waals surface area contributed by atoms with E-state index in [0.29, 0.717) is 0 Å². The number of nitrogens with one attached hydrogen (secondary N) is 2. The monoisotopic (exact) mass is 292 g/mol. The summed E-state index contributed by atoms with van der Waals surface area (Å²) in [7, 11) is 0. The van der Waals surface area contributed by atoms with E-state index >= 15 is 0 Å². The Hall–Kier alpha value is -1.22. The van der Waals surface area contributed by atoms with Crippen LogP contribution in [0.5, 0.6) is 5.75 Å². The smallest absolute Gasteiger partial charge is 0.121 e. The van der Waals surface area contributed by atoms with Crippen LogP contribution in [0.4, 0.5) is 5.69 Å². The zero-order valence-corrected chi connectivity index (χ0v) is 13.8. The van der Waals surface area contributed by atoms with Gasteiger partial charge in [-0.1, -0.05) is 45.6 Å². The molecular formula is C18H32N2O. The molecular weight excluding hydrogens is 260 g/mol. The molecule has 0 saturated heterocycles. The highest BCUT2D eigenvalue weighted by Gasteiger charge is 1.97. The lowest BCUT2D eigenvalue weighted by Crippen LogP contribution is -2.23. The van der Waals surface area contributed by atoms with Gasteiger partial charge in [0, 0.05) is 24.8 Å². The van der Waals surface area contributed by atoms with Crippen molar-refractivity contribution in [3.63, 3.8) is 0 Å². The molecule has 21 heavy (non-hydrogen) atoms. The molecule has 1 aromatic carbocycles. The molecule has 0 amide bonds. The number of anilines is 1. The van der Waals surface area contributed by atoms with Crippen LogP contribution in [-0.2, 0) is 0 Å². The summed E-state index contributed by atoms with van der Waals surface area (Å²) in [4.78, 5) is 0. The molecule has 0 radical (unpaired) electrons. The van der Waals surface area contributed by atoms with Gasteiger partial charge in [-0.3, -0.25) is 0 Å². The van der Waals surface area contributed by atoms with Gasteiger partial charge in [-0.15, -0.1) is 0 Å². The van der Waals surface area contributed by atoms with Gasteiger partial charge < -0.3 is 15.4 Å². The Labute approximate surface area is 130 Å². The van der Waals surface area contributed by atoms with E-state index in [9.17, 15) is 0 Å². The van der Waals surface area contributed by atoms with Gasteiger partial charge in [0.25, 0.3) is 0 Å². The van der Waals surface area contributed by atoms with E-state index in [1.54, 1.807) is 0 Å². The highest BCUT2D eigenvalue weighted by molar-refractivity contribution is 5.48. The van der Waals surface area contributed by atoms with Crippen LogP contribution in [0.2, 0.25) is 0 Å². The Morgan fingerprint density at radius 1 is 0.905 bits per heavy atom. The van der Waals surface area contributed by atoms with Crippen LogP contribution in [0.3, 0.4) is 0 Å². The average molecular weight is 292 g/mol. The normalized spacial score (nSPS) is 10.6. The van der Waals surface area contributed by atoms with Gasteiger partial charge in [-0.25, -0.2) is 0 Å². The van der Waals surface area contributed by atoms with E-state index in [-0.39, 0.29) is 0 Å². The molecule has 0 bridgehead atoms. The van der Waals surface area contributed by atoms with Crippen molar-refractivity contribution in [1.29, 1.82) is 0 Å². The van der Waals surface area contributed by atoms with Crippen LogP contribution in [-0.4, -0.2) is 26.2 Å². The highest BCUT2D eigenvalue weighted by Crippen LogP contribution is 2.17. The molecule has 0 spiro atoms. The van der Waals surface area contributed by atoms with Gasteiger partial charge >= 0.3 is 0 Å². The Bertz CT molecular complexity index is 355. The molecule has 0 aromatic heterocycles. The first-order valence-corrected chi connectivity index (χ1v) is 8.54. The Balaban J connectivity index is 2.16. The van der Waals surface area contributed by atoms with E-state index in [2.05, 4.69) is 36.6 Å². The van der Waals surface area contributed by atoms with Gasteiger partial charge in [0.2, 0.25) is 0 Å². The van der Waals surface area contributed by atoms with Crippen molar-refractivity contribution >= 4 is 5.69 Å². The molecule has 0 aliphatic rings. The van der Waals surface area contributed by atoms with Crippen LogP contribution in [0.15, 0.2) is 24.3 Å². The second-order valence-corrected chi connectivity index (χ2v) is 5.47. The lowest BCUT2D eigenvalue weighted by Gasteiger charge is -2.10. The molecule has 0 heterocycles. The van der Waals surface area contributed by atoms with E-state index in [0.717, 1.165) is 44.1 Å².